The summed E-state index contributed by atoms with van der Waals surface area (Å²) in [7, 11) is 0. The number of para-hydroxylation sites is 7. The predicted molar refractivity (Wildman–Crippen MR) is 247 cm³/mol. The zero-order valence-electron chi connectivity index (χ0n) is 32.6. The summed E-state index contributed by atoms with van der Waals surface area (Å²) in [6, 6.07) is 66.2. The van der Waals surface area contributed by atoms with Gasteiger partial charge in [-0.15, -0.1) is 0 Å². The van der Waals surface area contributed by atoms with Crippen molar-refractivity contribution in [3.8, 4) is 73.9 Å². The average molecular weight is 779 g/mol. The molecule has 0 fully saturated rings. The van der Waals surface area contributed by atoms with Gasteiger partial charge < -0.3 is 23.5 Å². The van der Waals surface area contributed by atoms with Crippen molar-refractivity contribution in [2.24, 2.45) is 0 Å². The highest BCUT2D eigenvalue weighted by molar-refractivity contribution is 6.99. The predicted octanol–water partition coefficient (Wildman–Crippen LogP) is 9.57. The van der Waals surface area contributed by atoms with Gasteiger partial charge in [0, 0.05) is 38.5 Å². The summed E-state index contributed by atoms with van der Waals surface area (Å²) in [6.07, 6.45) is 0. The van der Waals surface area contributed by atoms with Crippen LogP contribution >= 0.6 is 0 Å². The summed E-state index contributed by atoms with van der Waals surface area (Å²) < 4.78 is 29.5. The van der Waals surface area contributed by atoms with Gasteiger partial charge in [-0.3, -0.25) is 0 Å². The maximum atomic E-state index is 6.78. The van der Waals surface area contributed by atoms with Crippen LogP contribution in [0.25, 0.3) is 49.7 Å². The summed E-state index contributed by atoms with van der Waals surface area (Å²) in [5.74, 6) is 6.75. The molecule has 282 valence electrons. The second-order valence-electron chi connectivity index (χ2n) is 16.3. The molecule has 0 saturated heterocycles. The molecule has 0 saturated carbocycles. The van der Waals surface area contributed by atoms with Gasteiger partial charge in [0.2, 0.25) is 0 Å². The third kappa shape index (κ3) is 4.63. The molecule has 1 aromatic heterocycles. The maximum absolute atomic E-state index is 6.78. The van der Waals surface area contributed by atoms with E-state index in [0.29, 0.717) is 0 Å². The fourth-order valence-corrected chi connectivity index (χ4v) is 10.5. The zero-order valence-corrected chi connectivity index (χ0v) is 32.6. The van der Waals surface area contributed by atoms with Crippen LogP contribution in [-0.2, 0) is 0 Å². The lowest BCUT2D eigenvalue weighted by Gasteiger charge is -2.33. The van der Waals surface area contributed by atoms with Gasteiger partial charge in [0.05, 0.1) is 11.0 Å². The molecular weight excluding hydrogens is 748 g/mol. The van der Waals surface area contributed by atoms with Crippen LogP contribution in [0.1, 0.15) is 0 Å². The third-order valence-corrected chi connectivity index (χ3v) is 13.0. The van der Waals surface area contributed by atoms with E-state index in [4.69, 9.17) is 18.9 Å². The molecule has 4 aliphatic rings. The van der Waals surface area contributed by atoms with Crippen molar-refractivity contribution in [1.82, 2.24) is 4.57 Å². The Morgan fingerprint density at radius 1 is 0.311 bits per heavy atom. The highest BCUT2D eigenvalue weighted by Gasteiger charge is 2.42. The van der Waals surface area contributed by atoms with Crippen LogP contribution in [0.15, 0.2) is 188 Å². The van der Waals surface area contributed by atoms with Crippen LogP contribution in [0.2, 0.25) is 0 Å². The Balaban J connectivity index is 1.01. The van der Waals surface area contributed by atoms with Crippen molar-refractivity contribution in [3.63, 3.8) is 0 Å². The van der Waals surface area contributed by atoms with Crippen LogP contribution < -0.4 is 51.7 Å². The van der Waals surface area contributed by atoms with Crippen molar-refractivity contribution in [2.45, 2.75) is 0 Å². The van der Waals surface area contributed by atoms with E-state index >= 15 is 0 Å². The van der Waals surface area contributed by atoms with Gasteiger partial charge in [-0.25, -0.2) is 0 Å². The minimum atomic E-state index is 0.00936. The number of rotatable bonds is 3. The number of benzene rings is 9. The number of ether oxygens (including phenoxy) is 4. The largest absolute Gasteiger partial charge is 0.458 e. The van der Waals surface area contributed by atoms with Crippen molar-refractivity contribution < 1.29 is 18.9 Å². The fraction of sp³-hybridized carbons (Fsp3) is 0. The maximum Gasteiger partial charge on any atom is 0.260 e. The Bertz CT molecular complexity index is 3170. The standard InChI is InChI=1S/C54H31B2NO4/c1-2-14-34(15-3-1)57-53-35(32-28-47-51-48(29-32)59-44-25-9-5-21-40(44)55(51)39-20-4-8-24-43(39)58-47)16-12-18-37(53)38-19-13-17-36(54(38)57)33-30-49-52-50(31-33)61-46-27-11-7-23-42(46)56(52)41-22-6-10-26-45(41)60-49/h1-31H. The molecular formula is C54H31B2NO4. The molecule has 5 nitrogen and oxygen atoms in total. The van der Waals surface area contributed by atoms with E-state index in [1.807, 2.05) is 24.3 Å². The van der Waals surface area contributed by atoms with E-state index in [9.17, 15) is 0 Å². The van der Waals surface area contributed by atoms with E-state index in [1.54, 1.807) is 0 Å². The molecule has 0 bridgehead atoms. The Morgan fingerprint density at radius 2 is 0.656 bits per heavy atom. The fourth-order valence-electron chi connectivity index (χ4n) is 10.5. The van der Waals surface area contributed by atoms with Crippen molar-refractivity contribution >= 4 is 68.0 Å². The minimum Gasteiger partial charge on any atom is -0.458 e. The first-order chi connectivity index (χ1) is 30.2. The number of fused-ring (bicyclic) bond motifs is 11. The first kappa shape index (κ1) is 33.0. The second-order valence-corrected chi connectivity index (χ2v) is 16.3. The smallest absolute Gasteiger partial charge is 0.260 e. The number of aromatic nitrogens is 1. The molecule has 4 aliphatic heterocycles. The van der Waals surface area contributed by atoms with Crippen molar-refractivity contribution in [1.29, 1.82) is 0 Å². The van der Waals surface area contributed by atoms with Gasteiger partial charge in [0.15, 0.2) is 0 Å². The zero-order chi connectivity index (χ0) is 39.8. The van der Waals surface area contributed by atoms with E-state index in [2.05, 4.69) is 168 Å². The molecule has 10 aromatic rings. The van der Waals surface area contributed by atoms with Crippen LogP contribution in [0.4, 0.5) is 0 Å². The topological polar surface area (TPSA) is 41.9 Å². The summed E-state index contributed by atoms with van der Waals surface area (Å²) in [6.45, 7) is 0.0187. The normalized spacial score (nSPS) is 13.4. The van der Waals surface area contributed by atoms with Crippen LogP contribution in [0, 0.1) is 0 Å². The third-order valence-electron chi connectivity index (χ3n) is 13.0. The average Bonchev–Trinajstić information content (AvgIpc) is 3.66. The van der Waals surface area contributed by atoms with Gasteiger partial charge >= 0.3 is 0 Å². The molecule has 0 atom stereocenters. The quantitative estimate of drug-likeness (QED) is 0.168. The van der Waals surface area contributed by atoms with Crippen molar-refractivity contribution in [2.75, 3.05) is 0 Å². The lowest BCUT2D eigenvalue weighted by Crippen LogP contribution is -2.57. The molecule has 0 N–H and O–H groups in total. The first-order valence-electron chi connectivity index (χ1n) is 20.8. The molecule has 7 heteroatoms. The number of hydrogen-bond acceptors (Lipinski definition) is 4. The lowest BCUT2D eigenvalue weighted by molar-refractivity contribution is 0.464. The highest BCUT2D eigenvalue weighted by Crippen LogP contribution is 2.46. The molecule has 0 unspecified atom stereocenters. The second kappa shape index (κ2) is 12.3. The molecule has 0 amide bonds. The molecule has 5 heterocycles. The van der Waals surface area contributed by atoms with E-state index in [1.165, 1.54) is 0 Å². The van der Waals surface area contributed by atoms with Crippen molar-refractivity contribution in [3.05, 3.63) is 188 Å². The number of nitrogens with zero attached hydrogens (tertiary/aromatic N) is 1. The Labute approximate surface area is 352 Å². The van der Waals surface area contributed by atoms with E-state index < -0.39 is 0 Å². The molecule has 0 radical (unpaired) electrons. The van der Waals surface area contributed by atoms with Crippen LogP contribution in [0.3, 0.4) is 0 Å². The van der Waals surface area contributed by atoms with Gasteiger partial charge in [-0.2, -0.15) is 0 Å². The monoisotopic (exact) mass is 779 g/mol. The summed E-state index contributed by atoms with van der Waals surface area (Å²) in [5.41, 5.74) is 14.2. The van der Waals surface area contributed by atoms with Gasteiger partial charge in [0.25, 0.3) is 13.4 Å². The molecule has 0 spiro atoms. The summed E-state index contributed by atoms with van der Waals surface area (Å²) in [4.78, 5) is 0. The van der Waals surface area contributed by atoms with Gasteiger partial charge in [0.1, 0.15) is 46.0 Å². The Hall–Kier alpha value is -7.89. The number of hydrogen-bond donors (Lipinski definition) is 0. The van der Waals surface area contributed by atoms with Gasteiger partial charge in [-0.05, 0) is 93.6 Å². The SMILES string of the molecule is c1ccc(-n2c3c(-c4cc5c6c(c4)Oc4ccccc4B6c4ccccc4O5)cccc3c3cccc(-c4cc5c6c(c4)Oc4ccccc4B6c4ccccc4O5)c32)cc1. The molecule has 61 heavy (non-hydrogen) atoms. The van der Waals surface area contributed by atoms with E-state index in [0.717, 1.165) is 129 Å². The minimum absolute atomic E-state index is 0.00936. The van der Waals surface area contributed by atoms with E-state index in [-0.39, 0.29) is 13.4 Å². The van der Waals surface area contributed by atoms with Gasteiger partial charge in [-0.1, -0.05) is 127 Å². The molecule has 0 aliphatic carbocycles. The lowest BCUT2D eigenvalue weighted by atomic mass is 9.35. The summed E-state index contributed by atoms with van der Waals surface area (Å²) >= 11 is 0. The molecule has 9 aromatic carbocycles. The van der Waals surface area contributed by atoms with Crippen LogP contribution in [0.5, 0.6) is 46.0 Å². The Morgan fingerprint density at radius 3 is 1.03 bits per heavy atom. The Kier molecular flexibility index (Phi) is 6.66. The first-order valence-corrected chi connectivity index (χ1v) is 20.8. The highest BCUT2D eigenvalue weighted by atomic mass is 16.5. The summed E-state index contributed by atoms with van der Waals surface area (Å²) in [5, 5.41) is 2.30. The molecule has 14 rings (SSSR count). The van der Waals surface area contributed by atoms with Crippen LogP contribution in [-0.4, -0.2) is 18.0 Å².